The number of hydrogen-bond acceptors (Lipinski definition) is 2. The van der Waals surface area contributed by atoms with Crippen LogP contribution in [-0.4, -0.2) is 11.0 Å². The molecule has 0 saturated carbocycles. The topological polar surface area (TPSA) is 40.5 Å². The molecule has 3 aromatic rings. The minimum Gasteiger partial charge on any atom is -0.388 e. The fraction of sp³-hybridized carbons (Fsp3) is 0.346. The molecule has 3 nitrogen and oxygen atoms in total. The Bertz CT molecular complexity index is 933. The van der Waals surface area contributed by atoms with Crippen LogP contribution in [0.15, 0.2) is 66.7 Å². The lowest BCUT2D eigenvalue weighted by Crippen LogP contribution is -2.29. The van der Waals surface area contributed by atoms with E-state index < -0.39 is 6.10 Å². The molecular formula is C26H33NO2. The van der Waals surface area contributed by atoms with Crippen molar-refractivity contribution in [3.8, 4) is 0 Å². The number of anilines is 1. The zero-order valence-corrected chi connectivity index (χ0v) is 18.2. The van der Waals surface area contributed by atoms with Crippen molar-refractivity contribution >= 4 is 22.4 Å². The van der Waals surface area contributed by atoms with Gasteiger partial charge < -0.3 is 10.0 Å². The highest BCUT2D eigenvalue weighted by molar-refractivity contribution is 5.93. The van der Waals surface area contributed by atoms with Crippen molar-refractivity contribution in [3.05, 3.63) is 77.9 Å². The van der Waals surface area contributed by atoms with Gasteiger partial charge in [-0.2, -0.15) is 0 Å². The quantitative estimate of drug-likeness (QED) is 0.521. The molecule has 0 bridgehead atoms. The van der Waals surface area contributed by atoms with Crippen molar-refractivity contribution in [2.45, 2.75) is 53.7 Å². The van der Waals surface area contributed by atoms with Gasteiger partial charge in [0.05, 0.1) is 12.6 Å². The van der Waals surface area contributed by atoms with Crippen LogP contribution < -0.4 is 4.90 Å². The van der Waals surface area contributed by atoms with Crippen molar-refractivity contribution < 1.29 is 9.90 Å². The molecule has 0 heterocycles. The number of rotatable bonds is 6. The van der Waals surface area contributed by atoms with E-state index in [2.05, 4.69) is 30.3 Å². The first-order chi connectivity index (χ1) is 14.0. The van der Waals surface area contributed by atoms with Crippen LogP contribution in [0.5, 0.6) is 0 Å². The summed E-state index contributed by atoms with van der Waals surface area (Å²) in [5, 5.41) is 12.8. The average Bonchev–Trinajstić information content (AvgIpc) is 2.77. The molecule has 1 amide bonds. The van der Waals surface area contributed by atoms with Crippen LogP contribution >= 0.6 is 0 Å². The molecule has 3 rings (SSSR count). The van der Waals surface area contributed by atoms with E-state index in [4.69, 9.17) is 0 Å². The summed E-state index contributed by atoms with van der Waals surface area (Å²) < 4.78 is 0. The van der Waals surface area contributed by atoms with Crippen LogP contribution in [0, 0.1) is 5.92 Å². The molecule has 0 aliphatic heterocycles. The fourth-order valence-corrected chi connectivity index (χ4v) is 3.30. The molecule has 0 saturated heterocycles. The molecule has 0 aromatic heterocycles. The van der Waals surface area contributed by atoms with Crippen molar-refractivity contribution in [2.75, 3.05) is 4.90 Å². The van der Waals surface area contributed by atoms with E-state index in [1.165, 1.54) is 10.8 Å². The summed E-state index contributed by atoms with van der Waals surface area (Å²) in [6.45, 7) is 10.4. The van der Waals surface area contributed by atoms with Gasteiger partial charge in [-0.1, -0.05) is 83.1 Å². The van der Waals surface area contributed by atoms with E-state index in [-0.39, 0.29) is 11.8 Å². The highest BCUT2D eigenvalue weighted by Crippen LogP contribution is 2.27. The summed E-state index contributed by atoms with van der Waals surface area (Å²) in [6.07, 6.45) is -0.103. The number of fused-ring (bicyclic) bond motifs is 1. The fourth-order valence-electron chi connectivity index (χ4n) is 3.30. The molecule has 0 aliphatic rings. The van der Waals surface area contributed by atoms with E-state index in [1.807, 2.05) is 71.0 Å². The van der Waals surface area contributed by atoms with E-state index >= 15 is 0 Å². The highest BCUT2D eigenvalue weighted by atomic mass is 16.3. The Hall–Kier alpha value is -2.65. The van der Waals surface area contributed by atoms with Gasteiger partial charge in [0.15, 0.2) is 0 Å². The van der Waals surface area contributed by atoms with Crippen molar-refractivity contribution in [1.29, 1.82) is 0 Å². The maximum Gasteiger partial charge on any atom is 0.227 e. The predicted octanol–water partition coefficient (Wildman–Crippen LogP) is 6.50. The molecule has 0 aliphatic carbocycles. The number of aliphatic hydroxyl groups excluding tert-OH is 1. The van der Waals surface area contributed by atoms with E-state index in [0.717, 1.165) is 16.8 Å². The van der Waals surface area contributed by atoms with Gasteiger partial charge in [0, 0.05) is 12.1 Å². The molecule has 0 radical (unpaired) electrons. The Kier molecular flexibility index (Phi) is 8.41. The third kappa shape index (κ3) is 5.68. The van der Waals surface area contributed by atoms with Gasteiger partial charge >= 0.3 is 0 Å². The number of amides is 1. The summed E-state index contributed by atoms with van der Waals surface area (Å²) in [6, 6.07) is 22.2. The van der Waals surface area contributed by atoms with Crippen LogP contribution in [0.4, 0.5) is 5.69 Å². The third-order valence-corrected chi connectivity index (χ3v) is 4.91. The maximum atomic E-state index is 12.7. The number of nitrogens with zero attached hydrogens (tertiary/aromatic N) is 1. The minimum absolute atomic E-state index is 0.0688. The van der Waals surface area contributed by atoms with Gasteiger partial charge in [-0.15, -0.1) is 0 Å². The van der Waals surface area contributed by atoms with E-state index in [9.17, 15) is 9.90 Å². The van der Waals surface area contributed by atoms with Gasteiger partial charge in [-0.3, -0.25) is 4.79 Å². The van der Waals surface area contributed by atoms with E-state index in [0.29, 0.717) is 13.0 Å². The predicted molar refractivity (Wildman–Crippen MR) is 123 cm³/mol. The SMILES string of the molecule is CC.CCC(=O)N(Cc1ccc2ccccc2c1)c1cccc(C(O)C(C)C)c1. The Morgan fingerprint density at radius 3 is 2.28 bits per heavy atom. The number of carbonyl (C=O) groups is 1. The van der Waals surface area contributed by atoms with Crippen molar-refractivity contribution in [2.24, 2.45) is 5.92 Å². The molecule has 3 heteroatoms. The average molecular weight is 392 g/mol. The largest absolute Gasteiger partial charge is 0.388 e. The van der Waals surface area contributed by atoms with Gasteiger partial charge in [-0.05, 0) is 46.0 Å². The molecule has 1 N–H and O–H groups in total. The Morgan fingerprint density at radius 1 is 0.931 bits per heavy atom. The summed E-state index contributed by atoms with van der Waals surface area (Å²) in [4.78, 5) is 14.5. The van der Waals surface area contributed by atoms with Crippen LogP contribution in [-0.2, 0) is 11.3 Å². The van der Waals surface area contributed by atoms with Gasteiger partial charge in [-0.25, -0.2) is 0 Å². The molecular weight excluding hydrogens is 358 g/mol. The Morgan fingerprint density at radius 2 is 1.62 bits per heavy atom. The standard InChI is InChI=1S/C24H27NO2.C2H6/c1-4-23(26)25(22-11-7-10-21(15-22)24(27)17(2)3)16-18-12-13-19-8-5-6-9-20(19)14-18;1-2/h5-15,17,24,27H,4,16H2,1-3H3;1-2H3. The summed E-state index contributed by atoms with van der Waals surface area (Å²) in [7, 11) is 0. The van der Waals surface area contributed by atoms with Gasteiger partial charge in [0.1, 0.15) is 0 Å². The number of benzene rings is 3. The normalized spacial score (nSPS) is 11.7. The number of aliphatic hydroxyl groups is 1. The van der Waals surface area contributed by atoms with Crippen LogP contribution in [0.3, 0.4) is 0 Å². The number of carbonyl (C=O) groups excluding carboxylic acids is 1. The first-order valence-corrected chi connectivity index (χ1v) is 10.6. The van der Waals surface area contributed by atoms with Crippen molar-refractivity contribution in [1.82, 2.24) is 0 Å². The first kappa shape index (κ1) is 22.6. The van der Waals surface area contributed by atoms with Gasteiger partial charge in [0.2, 0.25) is 5.91 Å². The lowest BCUT2D eigenvalue weighted by molar-refractivity contribution is -0.118. The third-order valence-electron chi connectivity index (χ3n) is 4.91. The zero-order chi connectivity index (χ0) is 21.4. The second kappa shape index (κ2) is 10.8. The Balaban J connectivity index is 0.00000145. The molecule has 0 fully saturated rings. The van der Waals surface area contributed by atoms with Gasteiger partial charge in [0.25, 0.3) is 0 Å². The highest BCUT2D eigenvalue weighted by Gasteiger charge is 2.18. The summed E-state index contributed by atoms with van der Waals surface area (Å²) in [5.74, 6) is 0.190. The molecule has 154 valence electrons. The smallest absolute Gasteiger partial charge is 0.227 e. The molecule has 1 unspecified atom stereocenters. The first-order valence-electron chi connectivity index (χ1n) is 10.6. The second-order valence-corrected chi connectivity index (χ2v) is 7.30. The lowest BCUT2D eigenvalue weighted by Gasteiger charge is -2.24. The zero-order valence-electron chi connectivity index (χ0n) is 18.2. The second-order valence-electron chi connectivity index (χ2n) is 7.30. The molecule has 29 heavy (non-hydrogen) atoms. The minimum atomic E-state index is -0.538. The maximum absolute atomic E-state index is 12.7. The van der Waals surface area contributed by atoms with Crippen LogP contribution in [0.25, 0.3) is 10.8 Å². The molecule has 0 spiro atoms. The monoisotopic (exact) mass is 391 g/mol. The Labute approximate surface area is 175 Å². The lowest BCUT2D eigenvalue weighted by atomic mass is 9.98. The molecule has 3 aromatic carbocycles. The summed E-state index contributed by atoms with van der Waals surface area (Å²) in [5.41, 5.74) is 2.76. The molecule has 1 atom stereocenters. The van der Waals surface area contributed by atoms with E-state index in [1.54, 1.807) is 4.90 Å². The summed E-state index contributed by atoms with van der Waals surface area (Å²) >= 11 is 0. The van der Waals surface area contributed by atoms with Crippen molar-refractivity contribution in [3.63, 3.8) is 0 Å². The van der Waals surface area contributed by atoms with Crippen LogP contribution in [0.2, 0.25) is 0 Å². The van der Waals surface area contributed by atoms with Crippen LogP contribution in [0.1, 0.15) is 58.3 Å². The number of hydrogen-bond donors (Lipinski definition) is 1.